The van der Waals surface area contributed by atoms with Gasteiger partial charge in [-0.25, -0.2) is 0 Å². The third-order valence-corrected chi connectivity index (χ3v) is 2.02. The van der Waals surface area contributed by atoms with Crippen molar-refractivity contribution in [2.45, 2.75) is 12.8 Å². The van der Waals surface area contributed by atoms with Gasteiger partial charge in [-0.2, -0.15) is 5.26 Å². The second-order valence-electron chi connectivity index (χ2n) is 2.89. The van der Waals surface area contributed by atoms with Crippen LogP contribution < -0.4 is 0 Å². The van der Waals surface area contributed by atoms with Crippen LogP contribution in [0.2, 0.25) is 0 Å². The summed E-state index contributed by atoms with van der Waals surface area (Å²) in [6.45, 7) is 1.83. The van der Waals surface area contributed by atoms with Gasteiger partial charge < -0.3 is 4.42 Å². The molecule has 2 aromatic rings. The standard InChI is InChI=1S/C10H8N2O/c1-7(5-11)8-6-13-9-3-2-4-12-10(8)9/h2-4,6-7H,1H3. The fourth-order valence-electron chi connectivity index (χ4n) is 1.26. The van der Waals surface area contributed by atoms with E-state index in [0.29, 0.717) is 0 Å². The smallest absolute Gasteiger partial charge is 0.152 e. The lowest BCUT2D eigenvalue weighted by Gasteiger charge is -1.95. The van der Waals surface area contributed by atoms with E-state index in [0.717, 1.165) is 16.7 Å². The molecule has 0 spiro atoms. The second kappa shape index (κ2) is 2.91. The fraction of sp³-hybridized carbons (Fsp3) is 0.200. The van der Waals surface area contributed by atoms with Crippen LogP contribution in [0.4, 0.5) is 0 Å². The van der Waals surface area contributed by atoms with Gasteiger partial charge in [0.05, 0.1) is 18.3 Å². The van der Waals surface area contributed by atoms with E-state index in [1.165, 1.54) is 0 Å². The van der Waals surface area contributed by atoms with Crippen molar-refractivity contribution in [3.63, 3.8) is 0 Å². The van der Waals surface area contributed by atoms with E-state index in [1.807, 2.05) is 19.1 Å². The molecule has 0 amide bonds. The van der Waals surface area contributed by atoms with Crippen LogP contribution in [0.3, 0.4) is 0 Å². The first-order valence-corrected chi connectivity index (χ1v) is 4.04. The van der Waals surface area contributed by atoms with Crippen molar-refractivity contribution in [1.82, 2.24) is 4.98 Å². The molecule has 2 aromatic heterocycles. The Kier molecular flexibility index (Phi) is 1.75. The molecular formula is C10H8N2O. The van der Waals surface area contributed by atoms with E-state index < -0.39 is 0 Å². The van der Waals surface area contributed by atoms with E-state index >= 15 is 0 Å². The van der Waals surface area contributed by atoms with Crippen LogP contribution in [0.5, 0.6) is 0 Å². The van der Waals surface area contributed by atoms with E-state index in [4.69, 9.17) is 9.68 Å². The van der Waals surface area contributed by atoms with Crippen LogP contribution >= 0.6 is 0 Å². The van der Waals surface area contributed by atoms with Crippen LogP contribution in [0.1, 0.15) is 18.4 Å². The van der Waals surface area contributed by atoms with Crippen molar-refractivity contribution < 1.29 is 4.42 Å². The van der Waals surface area contributed by atoms with Crippen molar-refractivity contribution in [3.8, 4) is 6.07 Å². The van der Waals surface area contributed by atoms with Gasteiger partial charge in [-0.3, -0.25) is 4.98 Å². The molecule has 0 radical (unpaired) electrons. The van der Waals surface area contributed by atoms with Gasteiger partial charge in [0.1, 0.15) is 5.52 Å². The fourth-order valence-corrected chi connectivity index (χ4v) is 1.26. The summed E-state index contributed by atoms with van der Waals surface area (Å²) in [7, 11) is 0. The average molecular weight is 172 g/mol. The highest BCUT2D eigenvalue weighted by Crippen LogP contribution is 2.24. The van der Waals surface area contributed by atoms with E-state index in [-0.39, 0.29) is 5.92 Å². The highest BCUT2D eigenvalue weighted by atomic mass is 16.3. The zero-order chi connectivity index (χ0) is 9.26. The number of hydrogen-bond acceptors (Lipinski definition) is 3. The summed E-state index contributed by atoms with van der Waals surface area (Å²) in [5, 5.41) is 8.75. The third kappa shape index (κ3) is 1.17. The third-order valence-electron chi connectivity index (χ3n) is 2.02. The zero-order valence-corrected chi connectivity index (χ0v) is 7.19. The summed E-state index contributed by atoms with van der Waals surface area (Å²) in [4.78, 5) is 4.17. The SMILES string of the molecule is CC(C#N)c1coc2cccnc12. The topological polar surface area (TPSA) is 49.8 Å². The molecule has 1 unspecified atom stereocenters. The lowest BCUT2D eigenvalue weighted by atomic mass is 10.1. The van der Waals surface area contributed by atoms with Crippen molar-refractivity contribution >= 4 is 11.1 Å². The van der Waals surface area contributed by atoms with Crippen molar-refractivity contribution in [2.24, 2.45) is 0 Å². The van der Waals surface area contributed by atoms with Crippen LogP contribution in [0.15, 0.2) is 29.0 Å². The maximum atomic E-state index is 8.75. The van der Waals surface area contributed by atoms with E-state index in [1.54, 1.807) is 12.5 Å². The molecule has 1 atom stereocenters. The Labute approximate surface area is 75.6 Å². The van der Waals surface area contributed by atoms with Gasteiger partial charge in [0.15, 0.2) is 5.58 Å². The number of pyridine rings is 1. The van der Waals surface area contributed by atoms with Crippen molar-refractivity contribution in [1.29, 1.82) is 5.26 Å². The summed E-state index contributed by atoms with van der Waals surface area (Å²) in [6, 6.07) is 5.81. The van der Waals surface area contributed by atoms with Crippen molar-refractivity contribution in [2.75, 3.05) is 0 Å². The molecule has 2 rings (SSSR count). The molecule has 0 saturated carbocycles. The molecule has 3 nitrogen and oxygen atoms in total. The first-order valence-electron chi connectivity index (χ1n) is 4.04. The van der Waals surface area contributed by atoms with Gasteiger partial charge in [-0.05, 0) is 19.1 Å². The largest absolute Gasteiger partial charge is 0.462 e. The monoisotopic (exact) mass is 172 g/mol. The molecule has 0 aromatic carbocycles. The molecule has 0 bridgehead atoms. The number of nitriles is 1. The predicted octanol–water partition coefficient (Wildman–Crippen LogP) is 2.45. The highest BCUT2D eigenvalue weighted by molar-refractivity contribution is 5.77. The molecule has 13 heavy (non-hydrogen) atoms. The van der Waals surface area contributed by atoms with Gasteiger partial charge in [0, 0.05) is 11.8 Å². The Bertz CT molecular complexity index is 467. The predicted molar refractivity (Wildman–Crippen MR) is 48.0 cm³/mol. The molecule has 0 aliphatic heterocycles. The second-order valence-corrected chi connectivity index (χ2v) is 2.89. The molecule has 0 aliphatic rings. The number of hydrogen-bond donors (Lipinski definition) is 0. The molecule has 64 valence electrons. The normalized spacial score (nSPS) is 12.6. The Morgan fingerprint density at radius 3 is 3.23 bits per heavy atom. The first-order chi connectivity index (χ1) is 6.33. The van der Waals surface area contributed by atoms with Gasteiger partial charge >= 0.3 is 0 Å². The molecule has 0 aliphatic carbocycles. The van der Waals surface area contributed by atoms with Gasteiger partial charge in [-0.15, -0.1) is 0 Å². The number of furan rings is 1. The van der Waals surface area contributed by atoms with Crippen LogP contribution in [0.25, 0.3) is 11.1 Å². The Morgan fingerprint density at radius 1 is 1.62 bits per heavy atom. The summed E-state index contributed by atoms with van der Waals surface area (Å²) in [5.41, 5.74) is 2.38. The maximum absolute atomic E-state index is 8.75. The summed E-state index contributed by atoms with van der Waals surface area (Å²) >= 11 is 0. The Balaban J connectivity index is 2.66. The van der Waals surface area contributed by atoms with Gasteiger partial charge in [-0.1, -0.05) is 0 Å². The average Bonchev–Trinajstić information content (AvgIpc) is 2.60. The highest BCUT2D eigenvalue weighted by Gasteiger charge is 2.12. The minimum atomic E-state index is -0.170. The molecule has 0 fully saturated rings. The molecular weight excluding hydrogens is 164 g/mol. The molecule has 2 heterocycles. The quantitative estimate of drug-likeness (QED) is 0.663. The van der Waals surface area contributed by atoms with Gasteiger partial charge in [0.25, 0.3) is 0 Å². The Morgan fingerprint density at radius 2 is 2.46 bits per heavy atom. The summed E-state index contributed by atoms with van der Waals surface area (Å²) in [6.07, 6.45) is 3.30. The zero-order valence-electron chi connectivity index (χ0n) is 7.19. The number of aromatic nitrogens is 1. The molecule has 0 saturated heterocycles. The summed E-state index contributed by atoms with van der Waals surface area (Å²) < 4.78 is 5.26. The lowest BCUT2D eigenvalue weighted by molar-refractivity contribution is 0.609. The number of rotatable bonds is 1. The first kappa shape index (κ1) is 7.81. The van der Waals surface area contributed by atoms with E-state index in [2.05, 4.69) is 11.1 Å². The van der Waals surface area contributed by atoms with Crippen LogP contribution in [-0.2, 0) is 0 Å². The van der Waals surface area contributed by atoms with Gasteiger partial charge in [0.2, 0.25) is 0 Å². The lowest BCUT2D eigenvalue weighted by Crippen LogP contribution is -1.87. The molecule has 3 heteroatoms. The van der Waals surface area contributed by atoms with Crippen LogP contribution in [0, 0.1) is 11.3 Å². The number of nitrogens with zero attached hydrogens (tertiary/aromatic N) is 2. The Hall–Kier alpha value is -1.82. The van der Waals surface area contributed by atoms with Crippen molar-refractivity contribution in [3.05, 3.63) is 30.2 Å². The van der Waals surface area contributed by atoms with Crippen LogP contribution in [-0.4, -0.2) is 4.98 Å². The molecule has 0 N–H and O–H groups in total. The minimum absolute atomic E-state index is 0.170. The van der Waals surface area contributed by atoms with E-state index in [9.17, 15) is 0 Å². The number of fused-ring (bicyclic) bond motifs is 1. The maximum Gasteiger partial charge on any atom is 0.152 e. The summed E-state index contributed by atoms with van der Waals surface area (Å²) in [5.74, 6) is -0.170. The minimum Gasteiger partial charge on any atom is -0.462 e.